The Morgan fingerprint density at radius 2 is 1.45 bits per heavy atom. The quantitative estimate of drug-likeness (QED) is 0.726. The van der Waals surface area contributed by atoms with Crippen LogP contribution in [0.25, 0.3) is 22.2 Å². The molecule has 22 heavy (non-hydrogen) atoms. The van der Waals surface area contributed by atoms with Crippen LogP contribution in [0, 0.1) is 0 Å². The van der Waals surface area contributed by atoms with E-state index >= 15 is 0 Å². The molecule has 0 amide bonds. The van der Waals surface area contributed by atoms with Crippen molar-refractivity contribution in [1.29, 1.82) is 0 Å². The number of anilines is 2. The summed E-state index contributed by atoms with van der Waals surface area (Å²) in [6.45, 7) is 0. The molecule has 0 unspecified atom stereocenters. The first kappa shape index (κ1) is 14.4. The first-order valence-corrected chi connectivity index (χ1v) is 7.41. The molecule has 0 atom stereocenters. The maximum atomic E-state index is 4.82. The summed E-state index contributed by atoms with van der Waals surface area (Å²) in [4.78, 5) is 9.06. The van der Waals surface area contributed by atoms with Crippen LogP contribution in [0.15, 0.2) is 54.6 Å². The fraction of sp³-hybridized carbons (Fsp3) is 0.211. The van der Waals surface area contributed by atoms with E-state index in [4.69, 9.17) is 4.98 Å². The molecule has 0 spiro atoms. The summed E-state index contributed by atoms with van der Waals surface area (Å²) in [6, 6.07) is 19.0. The lowest BCUT2D eigenvalue weighted by Crippen LogP contribution is -2.10. The largest absolute Gasteiger partial charge is 0.378 e. The van der Waals surface area contributed by atoms with E-state index in [-0.39, 0.29) is 0 Å². The number of pyridine rings is 1. The highest BCUT2D eigenvalue weighted by Crippen LogP contribution is 2.30. The SMILES string of the molecule is CN(C)c1ccc(-c2cc(N(C)C)c3ccccc3n2)cc1. The third-order valence-corrected chi connectivity index (χ3v) is 3.86. The molecular weight excluding hydrogens is 270 g/mol. The first-order valence-electron chi connectivity index (χ1n) is 7.41. The Bertz CT molecular complexity index is 789. The molecule has 0 bridgehead atoms. The van der Waals surface area contributed by atoms with Crippen LogP contribution < -0.4 is 9.80 Å². The lowest BCUT2D eigenvalue weighted by Gasteiger charge is -2.17. The molecule has 3 aromatic rings. The number of aromatic nitrogens is 1. The van der Waals surface area contributed by atoms with Gasteiger partial charge in [0.05, 0.1) is 11.2 Å². The maximum Gasteiger partial charge on any atom is 0.0730 e. The number of benzene rings is 2. The molecule has 1 heterocycles. The number of rotatable bonds is 3. The van der Waals surface area contributed by atoms with Crippen molar-refractivity contribution in [2.45, 2.75) is 0 Å². The Kier molecular flexibility index (Phi) is 3.72. The number of nitrogens with zero attached hydrogens (tertiary/aromatic N) is 3. The van der Waals surface area contributed by atoms with Crippen molar-refractivity contribution >= 4 is 22.3 Å². The molecule has 0 fully saturated rings. The molecule has 0 aliphatic rings. The second-order valence-electron chi connectivity index (χ2n) is 5.88. The molecule has 2 aromatic carbocycles. The third-order valence-electron chi connectivity index (χ3n) is 3.86. The molecule has 112 valence electrons. The predicted molar refractivity (Wildman–Crippen MR) is 95.8 cm³/mol. The lowest BCUT2D eigenvalue weighted by molar-refractivity contribution is 1.13. The average molecular weight is 291 g/mol. The van der Waals surface area contributed by atoms with Gasteiger partial charge in [-0.2, -0.15) is 0 Å². The molecule has 0 N–H and O–H groups in total. The van der Waals surface area contributed by atoms with E-state index < -0.39 is 0 Å². The minimum Gasteiger partial charge on any atom is -0.378 e. The van der Waals surface area contributed by atoms with Crippen molar-refractivity contribution in [1.82, 2.24) is 4.98 Å². The van der Waals surface area contributed by atoms with Gasteiger partial charge in [-0.15, -0.1) is 0 Å². The van der Waals surface area contributed by atoms with Crippen LogP contribution >= 0.6 is 0 Å². The second-order valence-corrected chi connectivity index (χ2v) is 5.88. The Labute approximate surface area is 131 Å². The fourth-order valence-electron chi connectivity index (χ4n) is 2.61. The standard InChI is InChI=1S/C19H21N3/c1-21(2)15-11-9-14(10-12-15)18-13-19(22(3)4)16-7-5-6-8-17(16)20-18/h5-13H,1-4H3. The Hall–Kier alpha value is -2.55. The molecular formula is C19H21N3. The second kappa shape index (κ2) is 5.68. The van der Waals surface area contributed by atoms with Gasteiger partial charge in [0.15, 0.2) is 0 Å². The van der Waals surface area contributed by atoms with Gasteiger partial charge in [0.2, 0.25) is 0 Å². The highest BCUT2D eigenvalue weighted by atomic mass is 15.1. The highest BCUT2D eigenvalue weighted by Gasteiger charge is 2.09. The zero-order valence-electron chi connectivity index (χ0n) is 13.5. The van der Waals surface area contributed by atoms with Gasteiger partial charge in [-0.3, -0.25) is 0 Å². The van der Waals surface area contributed by atoms with Crippen molar-refractivity contribution in [3.05, 3.63) is 54.6 Å². The minimum atomic E-state index is 1.01. The number of fused-ring (bicyclic) bond motifs is 1. The van der Waals surface area contributed by atoms with Crippen molar-refractivity contribution in [3.8, 4) is 11.3 Å². The third kappa shape index (κ3) is 2.62. The molecule has 3 nitrogen and oxygen atoms in total. The van der Waals surface area contributed by atoms with Gasteiger partial charge in [-0.25, -0.2) is 4.98 Å². The predicted octanol–water partition coefficient (Wildman–Crippen LogP) is 4.03. The van der Waals surface area contributed by atoms with Crippen LogP contribution in [0.3, 0.4) is 0 Å². The average Bonchev–Trinajstić information content (AvgIpc) is 2.53. The zero-order valence-corrected chi connectivity index (χ0v) is 13.5. The van der Waals surface area contributed by atoms with E-state index in [1.54, 1.807) is 0 Å². The van der Waals surface area contributed by atoms with Crippen molar-refractivity contribution < 1.29 is 0 Å². The van der Waals surface area contributed by atoms with Gasteiger partial charge in [0.1, 0.15) is 0 Å². The van der Waals surface area contributed by atoms with Gasteiger partial charge in [0, 0.05) is 50.5 Å². The van der Waals surface area contributed by atoms with Gasteiger partial charge in [0.25, 0.3) is 0 Å². The molecule has 1 aromatic heterocycles. The first-order chi connectivity index (χ1) is 10.6. The van der Waals surface area contributed by atoms with Crippen LogP contribution in [0.1, 0.15) is 0 Å². The van der Waals surface area contributed by atoms with Crippen LogP contribution in [0.4, 0.5) is 11.4 Å². The summed E-state index contributed by atoms with van der Waals surface area (Å²) in [5.41, 5.74) is 5.56. The van der Waals surface area contributed by atoms with Crippen LogP contribution in [0.5, 0.6) is 0 Å². The zero-order chi connectivity index (χ0) is 15.7. The molecule has 3 rings (SSSR count). The van der Waals surface area contributed by atoms with E-state index in [9.17, 15) is 0 Å². The monoisotopic (exact) mass is 291 g/mol. The summed E-state index contributed by atoms with van der Waals surface area (Å²) >= 11 is 0. The van der Waals surface area contributed by atoms with Crippen LogP contribution in [-0.2, 0) is 0 Å². The smallest absolute Gasteiger partial charge is 0.0730 e. The van der Waals surface area contributed by atoms with Gasteiger partial charge < -0.3 is 9.80 Å². The molecule has 0 aliphatic carbocycles. The Balaban J connectivity index is 2.14. The van der Waals surface area contributed by atoms with E-state index in [0.717, 1.165) is 16.8 Å². The summed E-state index contributed by atoms with van der Waals surface area (Å²) < 4.78 is 0. The van der Waals surface area contributed by atoms with E-state index in [1.807, 2.05) is 20.2 Å². The minimum absolute atomic E-state index is 1.01. The van der Waals surface area contributed by atoms with Crippen molar-refractivity contribution in [2.75, 3.05) is 38.0 Å². The van der Waals surface area contributed by atoms with Gasteiger partial charge >= 0.3 is 0 Å². The highest BCUT2D eigenvalue weighted by molar-refractivity contribution is 5.94. The van der Waals surface area contributed by atoms with Crippen molar-refractivity contribution in [3.63, 3.8) is 0 Å². The summed E-state index contributed by atoms with van der Waals surface area (Å²) in [5, 5.41) is 1.18. The summed E-state index contributed by atoms with van der Waals surface area (Å²) in [7, 11) is 8.24. The summed E-state index contributed by atoms with van der Waals surface area (Å²) in [5.74, 6) is 0. The molecule has 3 heteroatoms. The molecule has 0 saturated carbocycles. The molecule has 0 radical (unpaired) electrons. The van der Waals surface area contributed by atoms with Crippen molar-refractivity contribution in [2.24, 2.45) is 0 Å². The Morgan fingerprint density at radius 1 is 0.773 bits per heavy atom. The Morgan fingerprint density at radius 3 is 2.09 bits per heavy atom. The number of hydrogen-bond acceptors (Lipinski definition) is 3. The molecule has 0 aliphatic heterocycles. The fourth-order valence-corrected chi connectivity index (χ4v) is 2.61. The van der Waals surface area contributed by atoms with E-state index in [0.29, 0.717) is 0 Å². The van der Waals surface area contributed by atoms with Gasteiger partial charge in [-0.05, 0) is 24.3 Å². The van der Waals surface area contributed by atoms with E-state index in [2.05, 4.69) is 72.4 Å². The lowest BCUT2D eigenvalue weighted by atomic mass is 10.1. The number of hydrogen-bond donors (Lipinski definition) is 0. The number of para-hydroxylation sites is 1. The van der Waals surface area contributed by atoms with E-state index in [1.165, 1.54) is 16.8 Å². The van der Waals surface area contributed by atoms with Crippen LogP contribution in [-0.4, -0.2) is 33.2 Å². The topological polar surface area (TPSA) is 19.4 Å². The van der Waals surface area contributed by atoms with Crippen LogP contribution in [0.2, 0.25) is 0 Å². The normalized spacial score (nSPS) is 10.7. The maximum absolute atomic E-state index is 4.82. The van der Waals surface area contributed by atoms with Gasteiger partial charge in [-0.1, -0.05) is 30.3 Å². The molecule has 0 saturated heterocycles. The summed E-state index contributed by atoms with van der Waals surface area (Å²) in [6.07, 6.45) is 0.